The van der Waals surface area contributed by atoms with E-state index < -0.39 is 0 Å². The van der Waals surface area contributed by atoms with Gasteiger partial charge in [-0.05, 0) is 137 Å². The van der Waals surface area contributed by atoms with Crippen LogP contribution in [-0.2, 0) is 0 Å². The Bertz CT molecular complexity index is 3710. The van der Waals surface area contributed by atoms with Crippen LogP contribution in [0.1, 0.15) is 22.4 Å². The summed E-state index contributed by atoms with van der Waals surface area (Å²) in [6.45, 7) is 3.94. The molecule has 4 aromatic heterocycles. The molecule has 69 heavy (non-hydrogen) atoms. The lowest BCUT2D eigenvalue weighted by atomic mass is 9.98. The monoisotopic (exact) mass is 897 g/mol. The summed E-state index contributed by atoms with van der Waals surface area (Å²) in [7, 11) is 0. The summed E-state index contributed by atoms with van der Waals surface area (Å²) >= 11 is 0. The highest BCUT2D eigenvalue weighted by Gasteiger charge is 2.13. The van der Waals surface area contributed by atoms with Crippen molar-refractivity contribution >= 4 is 44.9 Å². The van der Waals surface area contributed by atoms with Crippen LogP contribution < -0.4 is 0 Å². The van der Waals surface area contributed by atoms with Gasteiger partial charge in [-0.2, -0.15) is 15.3 Å². The first kappa shape index (κ1) is 43.5. The minimum Gasteiger partial charge on any atom is -0.508 e. The van der Waals surface area contributed by atoms with E-state index in [-0.39, 0.29) is 0 Å². The van der Waals surface area contributed by atoms with Crippen molar-refractivity contribution < 1.29 is 10.2 Å². The number of H-pyrrole nitrogens is 3. The molecule has 0 atom stereocenters. The van der Waals surface area contributed by atoms with E-state index in [0.29, 0.717) is 11.5 Å². The van der Waals surface area contributed by atoms with Crippen molar-refractivity contribution in [3.8, 4) is 67.4 Å². The molecule has 0 saturated heterocycles. The molecule has 0 aliphatic carbocycles. The Balaban J connectivity index is 0.000000121. The fourth-order valence-electron chi connectivity index (χ4n) is 8.53. The first-order chi connectivity index (χ1) is 33.9. The molecule has 4 heterocycles. The van der Waals surface area contributed by atoms with Gasteiger partial charge in [-0.15, -0.1) is 0 Å². The third-order valence-electron chi connectivity index (χ3n) is 12.2. The Kier molecular flexibility index (Phi) is 12.4. The van der Waals surface area contributed by atoms with Crippen LogP contribution in [0.4, 0.5) is 0 Å². The summed E-state index contributed by atoms with van der Waals surface area (Å²) < 4.78 is 0. The van der Waals surface area contributed by atoms with Gasteiger partial charge in [0.1, 0.15) is 11.5 Å². The fraction of sp³-hybridized carbons (Fsp3) is 0.0333. The number of pyridine rings is 1. The van der Waals surface area contributed by atoms with Gasteiger partial charge in [-0.25, -0.2) is 0 Å². The highest BCUT2D eigenvalue weighted by molar-refractivity contribution is 5.97. The van der Waals surface area contributed by atoms with Crippen LogP contribution in [0, 0.1) is 13.8 Å². The number of rotatable bonds is 7. The number of aromatic hydroxyl groups is 2. The van der Waals surface area contributed by atoms with Crippen molar-refractivity contribution in [3.05, 3.63) is 229 Å². The molecule has 8 aromatic carbocycles. The second-order valence-corrected chi connectivity index (χ2v) is 16.7. The standard InChI is InChI=1S/C22H18N2O.C20H16N2O.C18H13N3/c1-15-18(8-5-9-22(15)25)17-11-13-21-19(14-17)20(23-24-21)12-10-16-6-3-2-4-7-16;1-13-11-16(23)8-9-17(13)15-7-10-19-18(12-15)20(22-21-19)14-5-3-2-4-6-14;1-2-4-14(5-3-1)18-16-12-15(6-7-17(16)20-21-18)13-8-10-19-11-9-13/h2-14,25H,1H3,(H,23,24);2-12,23H,1H3,(H,21,22);1-12H,(H,20,21)/b12-10+;;. The largest absolute Gasteiger partial charge is 0.508 e. The highest BCUT2D eigenvalue weighted by atomic mass is 16.3. The Morgan fingerprint density at radius 3 is 1.57 bits per heavy atom. The minimum absolute atomic E-state index is 0.292. The first-order valence-electron chi connectivity index (χ1n) is 22.6. The Labute approximate surface area is 399 Å². The van der Waals surface area contributed by atoms with E-state index in [9.17, 15) is 10.2 Å². The number of aromatic amines is 3. The van der Waals surface area contributed by atoms with E-state index in [1.807, 2.05) is 129 Å². The van der Waals surface area contributed by atoms with Crippen LogP contribution in [0.15, 0.2) is 207 Å². The summed E-state index contributed by atoms with van der Waals surface area (Å²) in [6.07, 6.45) is 7.70. The molecule has 12 aromatic rings. The summed E-state index contributed by atoms with van der Waals surface area (Å²) in [6, 6.07) is 64.5. The van der Waals surface area contributed by atoms with Crippen LogP contribution in [0.5, 0.6) is 11.5 Å². The minimum atomic E-state index is 0.292. The van der Waals surface area contributed by atoms with Crippen molar-refractivity contribution in [2.45, 2.75) is 13.8 Å². The van der Waals surface area contributed by atoms with Gasteiger partial charge in [-0.1, -0.05) is 133 Å². The van der Waals surface area contributed by atoms with Crippen molar-refractivity contribution in [2.24, 2.45) is 0 Å². The molecule has 0 aliphatic rings. The number of nitrogens with one attached hydrogen (secondary N) is 3. The predicted octanol–water partition coefficient (Wildman–Crippen LogP) is 14.6. The number of aryl methyl sites for hydroxylation is 1. The molecule has 0 spiro atoms. The van der Waals surface area contributed by atoms with E-state index in [1.165, 1.54) is 5.56 Å². The van der Waals surface area contributed by atoms with E-state index in [1.54, 1.807) is 18.2 Å². The number of benzene rings is 8. The zero-order chi connectivity index (χ0) is 47.1. The lowest BCUT2D eigenvalue weighted by Crippen LogP contribution is -1.84. The Morgan fingerprint density at radius 1 is 0.406 bits per heavy atom. The molecular formula is C60H47N7O2. The molecule has 0 saturated carbocycles. The maximum absolute atomic E-state index is 9.97. The van der Waals surface area contributed by atoms with Gasteiger partial charge >= 0.3 is 0 Å². The maximum atomic E-state index is 9.97. The van der Waals surface area contributed by atoms with Gasteiger partial charge in [0.25, 0.3) is 0 Å². The van der Waals surface area contributed by atoms with Crippen molar-refractivity contribution in [2.75, 3.05) is 0 Å². The van der Waals surface area contributed by atoms with Crippen LogP contribution in [0.25, 0.3) is 101 Å². The second kappa shape index (κ2) is 19.6. The summed E-state index contributed by atoms with van der Waals surface area (Å²) in [5, 5.41) is 45.5. The molecule has 0 bridgehead atoms. The average Bonchev–Trinajstić information content (AvgIpc) is 4.15. The van der Waals surface area contributed by atoms with Crippen LogP contribution in [0.3, 0.4) is 0 Å². The van der Waals surface area contributed by atoms with E-state index >= 15 is 0 Å². The molecular weight excluding hydrogens is 851 g/mol. The third-order valence-corrected chi connectivity index (χ3v) is 12.2. The van der Waals surface area contributed by atoms with Crippen LogP contribution >= 0.6 is 0 Å². The van der Waals surface area contributed by atoms with E-state index in [2.05, 4.69) is 121 Å². The number of nitrogens with zero attached hydrogens (tertiary/aromatic N) is 4. The van der Waals surface area contributed by atoms with Gasteiger partial charge < -0.3 is 10.2 Å². The first-order valence-corrected chi connectivity index (χ1v) is 22.6. The van der Waals surface area contributed by atoms with E-state index in [0.717, 1.165) is 105 Å². The highest BCUT2D eigenvalue weighted by Crippen LogP contribution is 2.35. The molecule has 9 nitrogen and oxygen atoms in total. The predicted molar refractivity (Wildman–Crippen MR) is 281 cm³/mol. The molecule has 0 fully saturated rings. The smallest absolute Gasteiger partial charge is 0.119 e. The Hall–Kier alpha value is -9.34. The molecule has 334 valence electrons. The van der Waals surface area contributed by atoms with Crippen molar-refractivity contribution in [1.29, 1.82) is 0 Å². The molecule has 0 radical (unpaired) electrons. The maximum Gasteiger partial charge on any atom is 0.119 e. The third kappa shape index (κ3) is 9.52. The van der Waals surface area contributed by atoms with Crippen LogP contribution in [-0.4, -0.2) is 45.8 Å². The van der Waals surface area contributed by atoms with Gasteiger partial charge in [0.2, 0.25) is 0 Å². The number of fused-ring (bicyclic) bond motifs is 3. The van der Waals surface area contributed by atoms with Crippen molar-refractivity contribution in [3.63, 3.8) is 0 Å². The Morgan fingerprint density at radius 2 is 0.942 bits per heavy atom. The summed E-state index contributed by atoms with van der Waals surface area (Å²) in [5.41, 5.74) is 17.9. The molecule has 12 rings (SSSR count). The van der Waals surface area contributed by atoms with Crippen LogP contribution in [0.2, 0.25) is 0 Å². The lowest BCUT2D eigenvalue weighted by Gasteiger charge is -2.08. The number of phenols is 2. The van der Waals surface area contributed by atoms with Gasteiger partial charge in [0.15, 0.2) is 0 Å². The van der Waals surface area contributed by atoms with Gasteiger partial charge in [0.05, 0.1) is 33.6 Å². The molecule has 0 unspecified atom stereocenters. The number of hydrogen-bond acceptors (Lipinski definition) is 6. The molecule has 0 aliphatic heterocycles. The SMILES string of the molecule is Cc1c(O)cccc1-c1ccc2[nH]nc(/C=C/c3ccccc3)c2c1.Cc1cc(O)ccc1-c1ccc2[nH]nc(-c3ccccc3)c2c1.c1ccc(-c2n[nH]c3ccc(-c4ccncc4)cc23)cc1. The van der Waals surface area contributed by atoms with Gasteiger partial charge in [-0.3, -0.25) is 20.3 Å². The zero-order valence-corrected chi connectivity index (χ0v) is 38.0. The summed E-state index contributed by atoms with van der Waals surface area (Å²) in [5.74, 6) is 0.606. The lowest BCUT2D eigenvalue weighted by molar-refractivity contribution is 0.471. The zero-order valence-electron chi connectivity index (χ0n) is 38.0. The van der Waals surface area contributed by atoms with Gasteiger partial charge in [0, 0.05) is 39.7 Å². The van der Waals surface area contributed by atoms with Crippen molar-refractivity contribution in [1.82, 2.24) is 35.6 Å². The number of hydrogen-bond donors (Lipinski definition) is 5. The normalized spacial score (nSPS) is 11.1. The molecule has 5 N–H and O–H groups in total. The number of aromatic nitrogens is 7. The number of phenolic OH excluding ortho intramolecular Hbond substituents is 2. The molecule has 0 amide bonds. The second-order valence-electron chi connectivity index (χ2n) is 16.7. The molecule has 9 heteroatoms. The average molecular weight is 898 g/mol. The topological polar surface area (TPSA) is 139 Å². The summed E-state index contributed by atoms with van der Waals surface area (Å²) in [4.78, 5) is 4.07. The fourth-order valence-corrected chi connectivity index (χ4v) is 8.53. The quantitative estimate of drug-likeness (QED) is 0.108. The van der Waals surface area contributed by atoms with E-state index in [4.69, 9.17) is 0 Å².